The molecule has 0 fully saturated rings. The fourth-order valence-electron chi connectivity index (χ4n) is 4.07. The highest BCUT2D eigenvalue weighted by molar-refractivity contribution is 6.05. The van der Waals surface area contributed by atoms with Crippen molar-refractivity contribution in [1.29, 1.82) is 0 Å². The van der Waals surface area contributed by atoms with Gasteiger partial charge >= 0.3 is 5.84 Å². The van der Waals surface area contributed by atoms with Crippen molar-refractivity contribution in [2.24, 2.45) is 0 Å². The van der Waals surface area contributed by atoms with E-state index in [9.17, 15) is 0 Å². The molecule has 1 aromatic carbocycles. The molecule has 3 heterocycles. The van der Waals surface area contributed by atoms with Crippen LogP contribution in [0.25, 0.3) is 11.0 Å². The number of amidine groups is 1. The third kappa shape index (κ3) is 1.15. The van der Waals surface area contributed by atoms with Gasteiger partial charge in [-0.25, -0.2) is 4.90 Å². The number of para-hydroxylation sites is 1. The van der Waals surface area contributed by atoms with Gasteiger partial charge < -0.3 is 4.42 Å². The topological polar surface area (TPSA) is 19.4 Å². The molecule has 3 nitrogen and oxygen atoms in total. The lowest BCUT2D eigenvalue weighted by Crippen LogP contribution is -2.44. The Morgan fingerprint density at radius 3 is 2.65 bits per heavy atom. The van der Waals surface area contributed by atoms with Gasteiger partial charge in [-0.05, 0) is 33.8 Å². The van der Waals surface area contributed by atoms with E-state index in [-0.39, 0.29) is 5.54 Å². The molecule has 0 radical (unpaired) electrons. The summed E-state index contributed by atoms with van der Waals surface area (Å²) in [6.07, 6.45) is 0. The van der Waals surface area contributed by atoms with Crippen molar-refractivity contribution < 1.29 is 8.99 Å². The molecule has 2 aliphatic rings. The minimum Gasteiger partial charge on any atom is -0.448 e. The van der Waals surface area contributed by atoms with Crippen molar-refractivity contribution >= 4 is 16.8 Å². The van der Waals surface area contributed by atoms with E-state index in [4.69, 9.17) is 4.42 Å². The van der Waals surface area contributed by atoms with Gasteiger partial charge in [-0.3, -0.25) is 4.58 Å². The molecule has 0 bridgehead atoms. The van der Waals surface area contributed by atoms with Crippen molar-refractivity contribution in [3.05, 3.63) is 35.6 Å². The molecule has 2 aliphatic heterocycles. The van der Waals surface area contributed by atoms with Gasteiger partial charge in [0.25, 0.3) is 0 Å². The van der Waals surface area contributed by atoms with Gasteiger partial charge in [-0.15, -0.1) is 0 Å². The lowest BCUT2D eigenvalue weighted by Gasteiger charge is -2.29. The highest BCUT2D eigenvalue weighted by Gasteiger charge is 2.59. The Morgan fingerprint density at radius 2 is 1.90 bits per heavy atom. The molecule has 0 saturated carbocycles. The Labute approximate surface area is 119 Å². The van der Waals surface area contributed by atoms with Gasteiger partial charge in [-0.1, -0.05) is 18.2 Å². The minimum absolute atomic E-state index is 0.0181. The summed E-state index contributed by atoms with van der Waals surface area (Å²) in [6, 6.07) is 9.38. The predicted octanol–water partition coefficient (Wildman–Crippen LogP) is 3.16. The first-order valence-corrected chi connectivity index (χ1v) is 7.36. The molecule has 0 aliphatic carbocycles. The maximum Gasteiger partial charge on any atom is 0.317 e. The highest BCUT2D eigenvalue weighted by Crippen LogP contribution is 2.47. The SMILES string of the molecule is CC1C(C)[N+](C)=C2c3oc4ccccc4c3C(C)(C)N21. The number of furan rings is 1. The zero-order valence-electron chi connectivity index (χ0n) is 12.8. The van der Waals surface area contributed by atoms with E-state index in [0.29, 0.717) is 12.1 Å². The molecule has 0 saturated heterocycles. The average molecular weight is 269 g/mol. The second-order valence-electron chi connectivity index (χ2n) is 6.65. The molecule has 20 heavy (non-hydrogen) atoms. The molecule has 2 unspecified atom stereocenters. The largest absolute Gasteiger partial charge is 0.448 e. The van der Waals surface area contributed by atoms with E-state index in [0.717, 1.165) is 11.3 Å². The maximum absolute atomic E-state index is 6.21. The molecule has 0 spiro atoms. The van der Waals surface area contributed by atoms with Gasteiger partial charge in [-0.2, -0.15) is 0 Å². The summed E-state index contributed by atoms with van der Waals surface area (Å²) in [5, 5.41) is 1.25. The second kappa shape index (κ2) is 3.46. The number of benzene rings is 1. The van der Waals surface area contributed by atoms with Gasteiger partial charge in [0, 0.05) is 5.39 Å². The van der Waals surface area contributed by atoms with Crippen LogP contribution >= 0.6 is 0 Å². The van der Waals surface area contributed by atoms with Crippen LogP contribution in [0.15, 0.2) is 28.7 Å². The molecule has 3 heteroatoms. The van der Waals surface area contributed by atoms with Crippen molar-refractivity contribution in [3.63, 3.8) is 0 Å². The van der Waals surface area contributed by atoms with Crippen LogP contribution in [0.4, 0.5) is 0 Å². The summed E-state index contributed by atoms with van der Waals surface area (Å²) in [5.41, 5.74) is 2.32. The number of hydrogen-bond donors (Lipinski definition) is 0. The molecule has 2 atom stereocenters. The van der Waals surface area contributed by atoms with Crippen molar-refractivity contribution in [3.8, 4) is 0 Å². The van der Waals surface area contributed by atoms with E-state index in [1.54, 1.807) is 0 Å². The lowest BCUT2D eigenvalue weighted by molar-refractivity contribution is -0.526. The number of fused-ring (bicyclic) bond motifs is 5. The zero-order valence-corrected chi connectivity index (χ0v) is 12.8. The summed E-state index contributed by atoms with van der Waals surface area (Å²) in [6.45, 7) is 9.21. The predicted molar refractivity (Wildman–Crippen MR) is 80.3 cm³/mol. The molecule has 0 N–H and O–H groups in total. The molecule has 104 valence electrons. The van der Waals surface area contributed by atoms with Gasteiger partial charge in [0.05, 0.1) is 12.6 Å². The molecular formula is C17H21N2O+. The monoisotopic (exact) mass is 269 g/mol. The van der Waals surface area contributed by atoms with Gasteiger partial charge in [0.1, 0.15) is 23.2 Å². The zero-order chi connectivity index (χ0) is 14.2. The quantitative estimate of drug-likeness (QED) is 0.684. The summed E-state index contributed by atoms with van der Waals surface area (Å²) in [5.74, 6) is 2.32. The summed E-state index contributed by atoms with van der Waals surface area (Å²) in [4.78, 5) is 2.53. The van der Waals surface area contributed by atoms with Crippen LogP contribution in [0.5, 0.6) is 0 Å². The second-order valence-corrected chi connectivity index (χ2v) is 6.65. The van der Waals surface area contributed by atoms with E-state index in [1.807, 2.05) is 6.07 Å². The fourth-order valence-corrected chi connectivity index (χ4v) is 4.07. The first-order chi connectivity index (χ1) is 9.44. The van der Waals surface area contributed by atoms with E-state index < -0.39 is 0 Å². The average Bonchev–Trinajstić information content (AvgIpc) is 2.97. The van der Waals surface area contributed by atoms with E-state index >= 15 is 0 Å². The number of nitrogens with zero attached hydrogens (tertiary/aromatic N) is 2. The smallest absolute Gasteiger partial charge is 0.317 e. The molecular weight excluding hydrogens is 248 g/mol. The van der Waals surface area contributed by atoms with Crippen LogP contribution in [0.2, 0.25) is 0 Å². The van der Waals surface area contributed by atoms with Crippen molar-refractivity contribution in [1.82, 2.24) is 4.90 Å². The first-order valence-electron chi connectivity index (χ1n) is 7.36. The highest BCUT2D eigenvalue weighted by atomic mass is 16.3. The molecule has 2 aromatic rings. The lowest BCUT2D eigenvalue weighted by atomic mass is 9.92. The van der Waals surface area contributed by atoms with Gasteiger partial charge in [0.15, 0.2) is 0 Å². The Hall–Kier alpha value is -1.77. The fraction of sp³-hybridized carbons (Fsp3) is 0.471. The normalized spacial score (nSPS) is 27.4. The van der Waals surface area contributed by atoms with Crippen LogP contribution in [0, 0.1) is 0 Å². The Kier molecular flexibility index (Phi) is 2.08. The van der Waals surface area contributed by atoms with Gasteiger partial charge in [0.2, 0.25) is 5.76 Å². The molecule has 1 aromatic heterocycles. The van der Waals surface area contributed by atoms with Crippen LogP contribution in [-0.2, 0) is 5.54 Å². The Morgan fingerprint density at radius 1 is 1.20 bits per heavy atom. The first kappa shape index (κ1) is 12.0. The third-order valence-corrected chi connectivity index (χ3v) is 5.29. The van der Waals surface area contributed by atoms with Crippen LogP contribution in [0.3, 0.4) is 0 Å². The standard InChI is InChI=1S/C17H21N2O/c1-10-11(2)19-16(18(10)5)15-14(17(19,3)4)12-8-6-7-9-13(12)20-15/h6-11H,1-5H3/q+1. The summed E-state index contributed by atoms with van der Waals surface area (Å²) in [7, 11) is 2.18. The van der Waals surface area contributed by atoms with Crippen molar-refractivity contribution in [2.75, 3.05) is 7.05 Å². The summed E-state index contributed by atoms with van der Waals surface area (Å²) < 4.78 is 8.57. The van der Waals surface area contributed by atoms with E-state index in [1.165, 1.54) is 16.8 Å². The summed E-state index contributed by atoms with van der Waals surface area (Å²) >= 11 is 0. The number of likely N-dealkylation sites (N-methyl/N-ethyl adjacent to an activating group) is 1. The third-order valence-electron chi connectivity index (χ3n) is 5.29. The van der Waals surface area contributed by atoms with Crippen molar-refractivity contribution in [2.45, 2.75) is 45.3 Å². The van der Waals surface area contributed by atoms with E-state index in [2.05, 4.69) is 62.4 Å². The maximum atomic E-state index is 6.21. The minimum atomic E-state index is -0.0181. The van der Waals surface area contributed by atoms with Crippen LogP contribution in [-0.4, -0.2) is 34.4 Å². The molecule has 4 rings (SSSR count). The molecule has 0 amide bonds. The number of rotatable bonds is 0. The number of hydrogen-bond acceptors (Lipinski definition) is 2. The van der Waals surface area contributed by atoms with Crippen LogP contribution in [0.1, 0.15) is 39.0 Å². The Balaban J connectivity index is 2.11. The Bertz CT molecular complexity index is 753. The van der Waals surface area contributed by atoms with Crippen LogP contribution < -0.4 is 0 Å².